The van der Waals surface area contributed by atoms with Gasteiger partial charge in [0, 0.05) is 74.4 Å². The molecule has 80 heavy (non-hydrogen) atoms. The van der Waals surface area contributed by atoms with Crippen molar-refractivity contribution in [1.29, 1.82) is 0 Å². The number of pyridine rings is 1. The normalized spacial score (nSPS) is 28.1. The van der Waals surface area contributed by atoms with Crippen LogP contribution in [-0.2, 0) is 49.9 Å². The lowest BCUT2D eigenvalue weighted by molar-refractivity contribution is -0.645. The van der Waals surface area contributed by atoms with Crippen LogP contribution in [0.3, 0.4) is 0 Å². The molecule has 440 valence electrons. The summed E-state index contributed by atoms with van der Waals surface area (Å²) in [6, 6.07) is 13.8. The number of nitrogens with zero attached hydrogens (tertiary/aromatic N) is 1. The number of ether oxygens (including phenoxy) is 6. The van der Waals surface area contributed by atoms with E-state index >= 15 is 0 Å². The summed E-state index contributed by atoms with van der Waals surface area (Å²) in [5.41, 5.74) is 27.8. The minimum absolute atomic E-state index is 0.00716. The van der Waals surface area contributed by atoms with Crippen LogP contribution in [0.2, 0.25) is 0 Å². The third kappa shape index (κ3) is 15.6. The van der Waals surface area contributed by atoms with E-state index in [1.165, 1.54) is 0 Å². The number of nitrogens with two attached hydrogens (primary N) is 4. The molecule has 1 aliphatic carbocycles. The summed E-state index contributed by atoms with van der Waals surface area (Å²) in [7, 11) is -4.42. The second-order valence-corrected chi connectivity index (χ2v) is 22.0. The third-order valence-corrected chi connectivity index (χ3v) is 15.2. The molecular weight excluding hydrogens is 1070 g/mol. The fraction of sp³-hybridized carbons (Fsp3) is 0.566. The molecule has 2 aliphatic heterocycles. The van der Waals surface area contributed by atoms with E-state index < -0.39 is 120 Å². The van der Waals surface area contributed by atoms with Crippen LogP contribution in [0.1, 0.15) is 70.4 Å². The van der Waals surface area contributed by atoms with Crippen molar-refractivity contribution in [3.05, 3.63) is 82.9 Å². The molecule has 7 rings (SSSR count). The first kappa shape index (κ1) is 62.2. The van der Waals surface area contributed by atoms with Gasteiger partial charge in [-0.3, -0.25) is 14.4 Å². The molecule has 3 fully saturated rings. The maximum atomic E-state index is 14.1. The molecule has 1 saturated carbocycles. The lowest BCUT2D eigenvalue weighted by Crippen LogP contribution is -2.68. The SMILES string of the molecule is Cc1cc(C(=O)NCCOCCNC(=O)CCCC(=O)NCC2OC(OC3C(N)CC(N)C(OC4OC(CO)C(O)C(N)C4O)C3O)C(N)CC2O)cc(C)c1OC(=O)c1c2ccccc2[n+](CCCS(=O)(=O)[O-])c2ccccc12. The van der Waals surface area contributed by atoms with Crippen molar-refractivity contribution in [3.63, 3.8) is 0 Å². The van der Waals surface area contributed by atoms with E-state index in [2.05, 4.69) is 16.0 Å². The molecule has 0 radical (unpaired) electrons. The number of esters is 1. The highest BCUT2D eigenvalue weighted by Crippen LogP contribution is 2.33. The van der Waals surface area contributed by atoms with Gasteiger partial charge in [0.15, 0.2) is 19.1 Å². The third-order valence-electron chi connectivity index (χ3n) is 14.4. The summed E-state index contributed by atoms with van der Waals surface area (Å²) in [4.78, 5) is 52.5. The van der Waals surface area contributed by atoms with Crippen molar-refractivity contribution in [2.45, 2.75) is 144 Å². The number of hydrogen-bond donors (Lipinski definition) is 12. The van der Waals surface area contributed by atoms with Crippen LogP contribution in [0, 0.1) is 13.8 Å². The summed E-state index contributed by atoms with van der Waals surface area (Å²) in [6.45, 7) is 3.54. The second kappa shape index (κ2) is 28.0. The van der Waals surface area contributed by atoms with E-state index in [9.17, 15) is 57.7 Å². The number of amides is 3. The molecule has 3 amide bonds. The fourth-order valence-corrected chi connectivity index (χ4v) is 10.7. The number of aliphatic hydroxyl groups is 5. The molecule has 16 N–H and O–H groups in total. The van der Waals surface area contributed by atoms with Gasteiger partial charge in [0.2, 0.25) is 22.8 Å². The van der Waals surface area contributed by atoms with E-state index in [1.807, 2.05) is 16.7 Å². The minimum Gasteiger partial charge on any atom is -0.748 e. The van der Waals surface area contributed by atoms with Crippen LogP contribution in [-0.4, -0.2) is 193 Å². The first-order valence-electron chi connectivity index (χ1n) is 26.5. The Morgan fingerprint density at radius 2 is 1.29 bits per heavy atom. The van der Waals surface area contributed by atoms with E-state index in [0.29, 0.717) is 44.1 Å². The molecule has 14 unspecified atom stereocenters. The molecule has 26 nitrogen and oxygen atoms in total. The molecule has 14 atom stereocenters. The average Bonchev–Trinajstić information content (AvgIpc) is 3.58. The highest BCUT2D eigenvalue weighted by Gasteiger charge is 2.50. The quantitative estimate of drug-likeness (QED) is 0.00829. The van der Waals surface area contributed by atoms with Gasteiger partial charge in [0.05, 0.1) is 64.5 Å². The summed E-state index contributed by atoms with van der Waals surface area (Å²) < 4.78 is 71.0. The Bertz CT molecular complexity index is 2840. The van der Waals surface area contributed by atoms with Gasteiger partial charge in [-0.1, -0.05) is 24.3 Å². The molecule has 3 aliphatic rings. The molecule has 2 saturated heterocycles. The maximum absolute atomic E-state index is 14.1. The Balaban J connectivity index is 0.789. The van der Waals surface area contributed by atoms with E-state index in [1.54, 1.807) is 62.4 Å². The van der Waals surface area contributed by atoms with Crippen LogP contribution in [0.5, 0.6) is 5.75 Å². The van der Waals surface area contributed by atoms with E-state index in [-0.39, 0.29) is 95.5 Å². The van der Waals surface area contributed by atoms with Crippen molar-refractivity contribution in [2.75, 3.05) is 45.2 Å². The van der Waals surface area contributed by atoms with Crippen molar-refractivity contribution >= 4 is 55.6 Å². The second-order valence-electron chi connectivity index (χ2n) is 20.4. The molecular formula is C53H74N8O18S. The minimum atomic E-state index is -4.42. The predicted molar refractivity (Wildman–Crippen MR) is 284 cm³/mol. The number of aliphatic hydroxyl groups excluding tert-OH is 5. The number of benzene rings is 3. The van der Waals surface area contributed by atoms with Crippen molar-refractivity contribution in [1.82, 2.24) is 16.0 Å². The van der Waals surface area contributed by atoms with Gasteiger partial charge in [0.25, 0.3) is 5.91 Å². The van der Waals surface area contributed by atoms with Crippen molar-refractivity contribution in [2.24, 2.45) is 22.9 Å². The number of hydrogen-bond acceptors (Lipinski definition) is 22. The zero-order chi connectivity index (χ0) is 58.0. The highest BCUT2D eigenvalue weighted by atomic mass is 32.2. The topological polar surface area (TPSA) is 426 Å². The predicted octanol–water partition coefficient (Wildman–Crippen LogP) is -3.04. The molecule has 0 bridgehead atoms. The zero-order valence-corrected chi connectivity index (χ0v) is 45.3. The van der Waals surface area contributed by atoms with E-state index in [4.69, 9.17) is 51.4 Å². The van der Waals surface area contributed by atoms with Crippen LogP contribution < -0.4 is 48.2 Å². The molecule has 1 aromatic heterocycles. The van der Waals surface area contributed by atoms with Crippen molar-refractivity contribution in [3.8, 4) is 5.75 Å². The number of para-hydroxylation sites is 2. The molecule has 3 aromatic carbocycles. The van der Waals surface area contributed by atoms with Crippen LogP contribution in [0.4, 0.5) is 0 Å². The number of aromatic nitrogens is 1. The standard InChI is InChI=1S/C53H74N8O18S/c1-27-21-29(22-28(2)47(27)77-51(70)42-30-9-3-5-11-35(30)61(17-8-20-80(71,72)73)36-12-6-4-10-31(36)42)50(69)59-16-19-74-18-15-58-40(64)13-7-14-41(65)60-25-38-37(63)24-34(56)52(75-38)78-48-32(54)23-33(55)49(46(48)68)79-53-45(67)43(57)44(66)39(26-62)76-53/h3-6,9-12,21-22,32-34,37-39,43-46,48-49,52-53,62-63,66-68H,7-8,13-20,23-26,54-57H2,1-2H3,(H3-,58,59,60,64,65,69,71,72,73). The largest absolute Gasteiger partial charge is 0.748 e. The first-order valence-corrected chi connectivity index (χ1v) is 28.1. The Morgan fingerprint density at radius 3 is 1.89 bits per heavy atom. The molecule has 0 spiro atoms. The number of carbonyl (C=O) groups is 4. The number of carbonyl (C=O) groups excluding carboxylic acids is 4. The molecule has 4 aromatic rings. The Labute approximate surface area is 462 Å². The first-order chi connectivity index (χ1) is 38.1. The Hall–Kier alpha value is -5.44. The Morgan fingerprint density at radius 1 is 0.725 bits per heavy atom. The monoisotopic (exact) mass is 1140 g/mol. The fourth-order valence-electron chi connectivity index (χ4n) is 10.3. The smallest absolute Gasteiger partial charge is 0.345 e. The Kier molecular flexibility index (Phi) is 21.8. The molecule has 3 heterocycles. The van der Waals surface area contributed by atoms with Crippen LogP contribution >= 0.6 is 0 Å². The number of fused-ring (bicyclic) bond motifs is 2. The van der Waals surface area contributed by atoms with Gasteiger partial charge in [-0.15, -0.1) is 0 Å². The maximum Gasteiger partial charge on any atom is 0.345 e. The summed E-state index contributed by atoms with van der Waals surface area (Å²) in [6.07, 6.45) is -12.3. The molecule has 27 heteroatoms. The number of rotatable bonds is 24. The average molecular weight is 1140 g/mol. The summed E-state index contributed by atoms with van der Waals surface area (Å²) in [5, 5.41) is 61.9. The van der Waals surface area contributed by atoms with Crippen LogP contribution in [0.15, 0.2) is 60.7 Å². The van der Waals surface area contributed by atoms with Gasteiger partial charge in [-0.2, -0.15) is 4.57 Å². The van der Waals surface area contributed by atoms with Gasteiger partial charge in [-0.05, 0) is 68.5 Å². The number of aryl methyl sites for hydroxylation is 3. The highest BCUT2D eigenvalue weighted by molar-refractivity contribution is 7.85. The van der Waals surface area contributed by atoms with Crippen molar-refractivity contribution < 1.29 is 90.7 Å². The summed E-state index contributed by atoms with van der Waals surface area (Å²) in [5.74, 6) is -1.98. The lowest BCUT2D eigenvalue weighted by atomic mass is 9.84. The lowest BCUT2D eigenvalue weighted by Gasteiger charge is -2.47. The van der Waals surface area contributed by atoms with Gasteiger partial charge in [0.1, 0.15) is 48.5 Å². The van der Waals surface area contributed by atoms with Crippen LogP contribution in [0.25, 0.3) is 21.8 Å². The zero-order valence-electron chi connectivity index (χ0n) is 44.5. The van der Waals surface area contributed by atoms with Gasteiger partial charge >= 0.3 is 5.97 Å². The van der Waals surface area contributed by atoms with Gasteiger partial charge < -0.3 is 97.4 Å². The van der Waals surface area contributed by atoms with E-state index in [0.717, 1.165) is 0 Å². The van der Waals surface area contributed by atoms with Gasteiger partial charge in [-0.25, -0.2) is 13.2 Å². The summed E-state index contributed by atoms with van der Waals surface area (Å²) >= 11 is 0. The number of nitrogens with one attached hydrogen (secondary N) is 3.